The van der Waals surface area contributed by atoms with E-state index in [1.54, 1.807) is 7.11 Å². The monoisotopic (exact) mass is 387 g/mol. The van der Waals surface area contributed by atoms with Gasteiger partial charge in [0.15, 0.2) is 5.96 Å². The van der Waals surface area contributed by atoms with Gasteiger partial charge in [0.05, 0.1) is 19.3 Å². The minimum Gasteiger partial charge on any atom is -0.491 e. The second-order valence-electron chi connectivity index (χ2n) is 6.70. The molecule has 0 atom stereocenters. The standard InChI is InChI=1S/C21H33N5O2/c1-5-22-21(23-10-6-7-18-14-25-26(3)16-18)24-15-19-9-8-17(2)13-20(19)28-12-11-27-4/h8-9,13-14,16H,5-7,10-12,15H2,1-4H3,(H2,22,23,24). The van der Waals surface area contributed by atoms with Crippen molar-refractivity contribution in [2.75, 3.05) is 33.4 Å². The molecule has 0 saturated heterocycles. The van der Waals surface area contributed by atoms with Gasteiger partial charge in [-0.25, -0.2) is 4.99 Å². The number of ether oxygens (including phenoxy) is 2. The highest BCUT2D eigenvalue weighted by atomic mass is 16.5. The Bertz CT molecular complexity index is 742. The Morgan fingerprint density at radius 3 is 2.82 bits per heavy atom. The molecule has 1 heterocycles. The number of benzene rings is 1. The molecule has 0 amide bonds. The zero-order valence-corrected chi connectivity index (χ0v) is 17.5. The zero-order chi connectivity index (χ0) is 20.2. The molecule has 0 bridgehead atoms. The fraction of sp³-hybridized carbons (Fsp3) is 0.524. The fourth-order valence-electron chi connectivity index (χ4n) is 2.77. The third kappa shape index (κ3) is 7.60. The van der Waals surface area contributed by atoms with Crippen LogP contribution in [-0.2, 0) is 24.8 Å². The predicted molar refractivity (Wildman–Crippen MR) is 113 cm³/mol. The molecule has 0 saturated carbocycles. The van der Waals surface area contributed by atoms with E-state index in [4.69, 9.17) is 14.5 Å². The van der Waals surface area contributed by atoms with Crippen LogP contribution in [0.2, 0.25) is 0 Å². The summed E-state index contributed by atoms with van der Waals surface area (Å²) in [6.07, 6.45) is 5.99. The summed E-state index contributed by atoms with van der Waals surface area (Å²) >= 11 is 0. The van der Waals surface area contributed by atoms with Crippen LogP contribution in [0.5, 0.6) is 5.75 Å². The first-order valence-corrected chi connectivity index (χ1v) is 9.83. The molecular formula is C21H33N5O2. The van der Waals surface area contributed by atoms with Gasteiger partial charge in [0.2, 0.25) is 0 Å². The summed E-state index contributed by atoms with van der Waals surface area (Å²) in [5.41, 5.74) is 3.48. The number of guanidine groups is 1. The number of hydrogen-bond acceptors (Lipinski definition) is 4. The van der Waals surface area contributed by atoms with Crippen LogP contribution in [-0.4, -0.2) is 49.2 Å². The number of aliphatic imine (C=N–C) groups is 1. The van der Waals surface area contributed by atoms with Gasteiger partial charge in [-0.1, -0.05) is 12.1 Å². The highest BCUT2D eigenvalue weighted by molar-refractivity contribution is 5.79. The maximum absolute atomic E-state index is 5.86. The lowest BCUT2D eigenvalue weighted by Crippen LogP contribution is -2.37. The van der Waals surface area contributed by atoms with E-state index in [9.17, 15) is 0 Å². The van der Waals surface area contributed by atoms with Gasteiger partial charge in [-0.2, -0.15) is 5.10 Å². The van der Waals surface area contributed by atoms with Crippen molar-refractivity contribution in [2.24, 2.45) is 12.0 Å². The van der Waals surface area contributed by atoms with E-state index >= 15 is 0 Å². The molecule has 2 N–H and O–H groups in total. The normalized spacial score (nSPS) is 11.5. The molecule has 28 heavy (non-hydrogen) atoms. The molecule has 154 valence electrons. The number of hydrogen-bond donors (Lipinski definition) is 2. The molecule has 0 aliphatic heterocycles. The fourth-order valence-corrected chi connectivity index (χ4v) is 2.77. The van der Waals surface area contributed by atoms with E-state index in [1.165, 1.54) is 11.1 Å². The summed E-state index contributed by atoms with van der Waals surface area (Å²) in [6.45, 7) is 7.45. The minimum atomic E-state index is 0.531. The van der Waals surface area contributed by atoms with Crippen LogP contribution >= 0.6 is 0 Å². The maximum atomic E-state index is 5.86. The van der Waals surface area contributed by atoms with Crippen LogP contribution in [0.25, 0.3) is 0 Å². The highest BCUT2D eigenvalue weighted by Gasteiger charge is 2.05. The number of rotatable bonds is 11. The number of aryl methyl sites for hydroxylation is 3. The van der Waals surface area contributed by atoms with Crippen LogP contribution in [0.15, 0.2) is 35.6 Å². The predicted octanol–water partition coefficient (Wildman–Crippen LogP) is 2.44. The van der Waals surface area contributed by atoms with Gasteiger partial charge in [0.1, 0.15) is 12.4 Å². The average Bonchev–Trinajstić information content (AvgIpc) is 3.09. The van der Waals surface area contributed by atoms with Gasteiger partial charge in [-0.15, -0.1) is 0 Å². The Morgan fingerprint density at radius 2 is 2.11 bits per heavy atom. The summed E-state index contributed by atoms with van der Waals surface area (Å²) in [6, 6.07) is 6.21. The van der Waals surface area contributed by atoms with E-state index in [0.717, 1.165) is 43.2 Å². The molecule has 0 fully saturated rings. The van der Waals surface area contributed by atoms with E-state index in [1.807, 2.05) is 17.9 Å². The van der Waals surface area contributed by atoms with E-state index in [-0.39, 0.29) is 0 Å². The highest BCUT2D eigenvalue weighted by Crippen LogP contribution is 2.21. The van der Waals surface area contributed by atoms with Gasteiger partial charge < -0.3 is 20.1 Å². The molecule has 0 spiro atoms. The summed E-state index contributed by atoms with van der Waals surface area (Å²) in [7, 11) is 3.61. The Labute approximate surface area is 168 Å². The molecule has 7 nitrogen and oxygen atoms in total. The number of nitrogens with zero attached hydrogens (tertiary/aromatic N) is 3. The smallest absolute Gasteiger partial charge is 0.191 e. The summed E-state index contributed by atoms with van der Waals surface area (Å²) in [5, 5.41) is 10.9. The SMILES string of the molecule is CCNC(=NCc1ccc(C)cc1OCCOC)NCCCc1cnn(C)c1. The average molecular weight is 388 g/mol. The molecule has 0 aliphatic carbocycles. The molecule has 2 rings (SSSR count). The second kappa shape index (κ2) is 12.0. The summed E-state index contributed by atoms with van der Waals surface area (Å²) < 4.78 is 12.8. The summed E-state index contributed by atoms with van der Waals surface area (Å²) in [5.74, 6) is 1.69. The molecule has 0 unspecified atom stereocenters. The lowest BCUT2D eigenvalue weighted by Gasteiger charge is -2.13. The van der Waals surface area contributed by atoms with Crippen LogP contribution in [0, 0.1) is 6.92 Å². The van der Waals surface area contributed by atoms with E-state index in [2.05, 4.69) is 54.0 Å². The minimum absolute atomic E-state index is 0.531. The zero-order valence-electron chi connectivity index (χ0n) is 17.5. The number of nitrogens with one attached hydrogen (secondary N) is 2. The van der Waals surface area contributed by atoms with Crippen molar-refractivity contribution in [3.05, 3.63) is 47.3 Å². The first-order chi connectivity index (χ1) is 13.6. The van der Waals surface area contributed by atoms with Gasteiger partial charge in [0.25, 0.3) is 0 Å². The maximum Gasteiger partial charge on any atom is 0.191 e. The quantitative estimate of drug-likeness (QED) is 0.352. The van der Waals surface area contributed by atoms with Gasteiger partial charge in [-0.3, -0.25) is 4.68 Å². The van der Waals surface area contributed by atoms with Crippen molar-refractivity contribution in [2.45, 2.75) is 33.2 Å². The Hall–Kier alpha value is -2.54. The van der Waals surface area contributed by atoms with Crippen molar-refractivity contribution in [1.29, 1.82) is 0 Å². The molecule has 2 aromatic rings. The van der Waals surface area contributed by atoms with Crippen LogP contribution < -0.4 is 15.4 Å². The van der Waals surface area contributed by atoms with Gasteiger partial charge in [0, 0.05) is 39.0 Å². The van der Waals surface area contributed by atoms with Crippen LogP contribution in [0.4, 0.5) is 0 Å². The molecule has 7 heteroatoms. The molecular weight excluding hydrogens is 354 g/mol. The number of aromatic nitrogens is 2. The third-order valence-electron chi connectivity index (χ3n) is 4.21. The lowest BCUT2D eigenvalue weighted by atomic mass is 10.1. The van der Waals surface area contributed by atoms with E-state index < -0.39 is 0 Å². The topological polar surface area (TPSA) is 72.7 Å². The Balaban J connectivity index is 1.90. The van der Waals surface area contributed by atoms with Crippen molar-refractivity contribution >= 4 is 5.96 Å². The molecule has 1 aromatic carbocycles. The Kier molecular flexibility index (Phi) is 9.34. The van der Waals surface area contributed by atoms with E-state index in [0.29, 0.717) is 19.8 Å². The van der Waals surface area contributed by atoms with Crippen LogP contribution in [0.3, 0.4) is 0 Å². The second-order valence-corrected chi connectivity index (χ2v) is 6.70. The van der Waals surface area contributed by atoms with Gasteiger partial charge >= 0.3 is 0 Å². The molecule has 0 radical (unpaired) electrons. The molecule has 1 aromatic heterocycles. The first-order valence-electron chi connectivity index (χ1n) is 9.83. The number of methoxy groups -OCH3 is 1. The van der Waals surface area contributed by atoms with Crippen molar-refractivity contribution in [3.8, 4) is 5.75 Å². The largest absolute Gasteiger partial charge is 0.491 e. The Morgan fingerprint density at radius 1 is 1.25 bits per heavy atom. The first kappa shape index (κ1) is 21.8. The van der Waals surface area contributed by atoms with Crippen LogP contribution in [0.1, 0.15) is 30.0 Å². The van der Waals surface area contributed by atoms with Crippen molar-refractivity contribution in [1.82, 2.24) is 20.4 Å². The molecule has 0 aliphatic rings. The summed E-state index contributed by atoms with van der Waals surface area (Å²) in [4.78, 5) is 4.72. The van der Waals surface area contributed by atoms with Crippen molar-refractivity contribution < 1.29 is 9.47 Å². The van der Waals surface area contributed by atoms with Gasteiger partial charge in [-0.05, 0) is 43.9 Å². The lowest BCUT2D eigenvalue weighted by molar-refractivity contribution is 0.145. The van der Waals surface area contributed by atoms with Crippen molar-refractivity contribution in [3.63, 3.8) is 0 Å². The third-order valence-corrected chi connectivity index (χ3v) is 4.21.